The number of carbonyl (C=O) groups is 1. The second-order valence-electron chi connectivity index (χ2n) is 2.88. The number of rotatable bonds is 1. The Morgan fingerprint density at radius 3 is 2.64 bits per heavy atom. The molecule has 0 aromatic carbocycles. The van der Waals surface area contributed by atoms with Crippen LogP contribution in [0.15, 0.2) is 0 Å². The number of alkyl halides is 3. The molecule has 1 atom stereocenters. The Morgan fingerprint density at radius 1 is 1.57 bits per heavy atom. The molecule has 1 rings (SSSR count). The van der Waals surface area contributed by atoms with Gasteiger partial charge in [0.05, 0.1) is 18.5 Å². The van der Waals surface area contributed by atoms with Crippen molar-refractivity contribution in [2.24, 2.45) is 5.92 Å². The third-order valence-corrected chi connectivity index (χ3v) is 1.78. The van der Waals surface area contributed by atoms with Crippen molar-refractivity contribution in [1.29, 1.82) is 5.26 Å². The molecule has 14 heavy (non-hydrogen) atoms. The molecule has 1 heterocycles. The van der Waals surface area contributed by atoms with Crippen LogP contribution in [-0.2, 0) is 9.63 Å². The summed E-state index contributed by atoms with van der Waals surface area (Å²) in [6, 6.07) is 1.89. The van der Waals surface area contributed by atoms with E-state index in [0.29, 0.717) is 6.42 Å². The van der Waals surface area contributed by atoms with Crippen LogP contribution in [0, 0.1) is 17.2 Å². The summed E-state index contributed by atoms with van der Waals surface area (Å²) in [5.41, 5.74) is 0. The van der Waals surface area contributed by atoms with E-state index in [1.165, 1.54) is 0 Å². The Kier molecular flexibility index (Phi) is 2.96. The van der Waals surface area contributed by atoms with Crippen molar-refractivity contribution in [3.63, 3.8) is 0 Å². The van der Waals surface area contributed by atoms with Crippen LogP contribution in [0.25, 0.3) is 0 Å². The quantitative estimate of drug-likeness (QED) is 0.641. The lowest BCUT2D eigenvalue weighted by Crippen LogP contribution is -2.33. The Bertz CT molecular complexity index is 271. The van der Waals surface area contributed by atoms with Crippen molar-refractivity contribution in [3.8, 4) is 6.07 Å². The maximum atomic E-state index is 11.7. The molecule has 0 unspecified atom stereocenters. The summed E-state index contributed by atoms with van der Waals surface area (Å²) >= 11 is 0. The number of hydrogen-bond acceptors (Lipinski definition) is 4. The maximum absolute atomic E-state index is 11.7. The standard InChI is InChI=1S/C7H7F3N2O2/c8-7(9,10)6(13)14-12-2-1-5(3-11)4-12/h5H,1-2,4H2/t5-/m0/s1. The minimum Gasteiger partial charge on any atom is -0.361 e. The number of carbonyl (C=O) groups excluding carboxylic acids is 1. The highest BCUT2D eigenvalue weighted by atomic mass is 19.4. The van der Waals surface area contributed by atoms with Gasteiger partial charge in [0, 0.05) is 6.54 Å². The normalized spacial score (nSPS) is 23.1. The molecule has 1 aliphatic rings. The molecule has 4 nitrogen and oxygen atoms in total. The summed E-state index contributed by atoms with van der Waals surface area (Å²) in [6.45, 7) is 0.207. The van der Waals surface area contributed by atoms with Gasteiger partial charge in [-0.25, -0.2) is 4.79 Å². The van der Waals surface area contributed by atoms with E-state index in [1.54, 1.807) is 0 Å². The number of nitrogens with zero attached hydrogens (tertiary/aromatic N) is 2. The van der Waals surface area contributed by atoms with Crippen molar-refractivity contribution >= 4 is 5.97 Å². The molecule has 7 heteroatoms. The third-order valence-electron chi connectivity index (χ3n) is 1.78. The van der Waals surface area contributed by atoms with E-state index in [2.05, 4.69) is 4.84 Å². The van der Waals surface area contributed by atoms with Gasteiger partial charge in [0.2, 0.25) is 0 Å². The van der Waals surface area contributed by atoms with Crippen LogP contribution >= 0.6 is 0 Å². The summed E-state index contributed by atoms with van der Waals surface area (Å²) in [7, 11) is 0. The molecule has 1 fully saturated rings. The van der Waals surface area contributed by atoms with Crippen LogP contribution in [0.2, 0.25) is 0 Å². The average Bonchev–Trinajstić information content (AvgIpc) is 2.50. The Morgan fingerprint density at radius 2 is 2.21 bits per heavy atom. The molecular weight excluding hydrogens is 201 g/mol. The lowest BCUT2D eigenvalue weighted by molar-refractivity contribution is -0.235. The predicted molar refractivity (Wildman–Crippen MR) is 37.4 cm³/mol. The first-order chi connectivity index (χ1) is 6.43. The van der Waals surface area contributed by atoms with Gasteiger partial charge in [-0.05, 0) is 6.42 Å². The summed E-state index contributed by atoms with van der Waals surface area (Å²) in [6.07, 6.45) is -4.56. The first kappa shape index (κ1) is 10.8. The van der Waals surface area contributed by atoms with E-state index in [9.17, 15) is 18.0 Å². The summed E-state index contributed by atoms with van der Waals surface area (Å²) in [5.74, 6) is -2.60. The highest BCUT2D eigenvalue weighted by molar-refractivity contribution is 5.75. The monoisotopic (exact) mass is 208 g/mol. The molecule has 0 radical (unpaired) electrons. The number of hydrogen-bond donors (Lipinski definition) is 0. The van der Waals surface area contributed by atoms with Gasteiger partial charge in [0.1, 0.15) is 0 Å². The van der Waals surface area contributed by atoms with Crippen LogP contribution in [-0.4, -0.2) is 30.3 Å². The van der Waals surface area contributed by atoms with E-state index in [0.717, 1.165) is 5.06 Å². The van der Waals surface area contributed by atoms with Gasteiger partial charge in [0.25, 0.3) is 0 Å². The predicted octanol–water partition coefficient (Wildman–Crippen LogP) is 0.852. The summed E-state index contributed by atoms with van der Waals surface area (Å²) in [5, 5.41) is 9.30. The fourth-order valence-electron chi connectivity index (χ4n) is 1.09. The SMILES string of the molecule is N#C[C@@H]1CCN(OC(=O)C(F)(F)F)C1. The van der Waals surface area contributed by atoms with Crippen molar-refractivity contribution < 1.29 is 22.8 Å². The van der Waals surface area contributed by atoms with Crippen molar-refractivity contribution in [1.82, 2.24) is 5.06 Å². The van der Waals surface area contributed by atoms with Gasteiger partial charge >= 0.3 is 12.1 Å². The van der Waals surface area contributed by atoms with Gasteiger partial charge in [-0.3, -0.25) is 0 Å². The fourth-order valence-corrected chi connectivity index (χ4v) is 1.09. The lowest BCUT2D eigenvalue weighted by Gasteiger charge is -2.15. The molecule has 0 aliphatic carbocycles. The van der Waals surface area contributed by atoms with Crippen LogP contribution in [0.4, 0.5) is 13.2 Å². The zero-order valence-electron chi connectivity index (χ0n) is 7.04. The highest BCUT2D eigenvalue weighted by Crippen LogP contribution is 2.21. The Labute approximate surface area is 77.8 Å². The van der Waals surface area contributed by atoms with Gasteiger partial charge in [-0.15, -0.1) is 5.06 Å². The minimum absolute atomic E-state index is 0.0400. The minimum atomic E-state index is -4.98. The largest absolute Gasteiger partial charge is 0.492 e. The molecular formula is C7H7F3N2O2. The molecule has 1 aliphatic heterocycles. The lowest BCUT2D eigenvalue weighted by atomic mass is 10.1. The summed E-state index contributed by atoms with van der Waals surface area (Å²) < 4.78 is 35.1. The number of hydroxylamine groups is 2. The molecule has 0 saturated carbocycles. The molecule has 0 aromatic rings. The topological polar surface area (TPSA) is 53.3 Å². The smallest absolute Gasteiger partial charge is 0.361 e. The van der Waals surface area contributed by atoms with Crippen LogP contribution in [0.1, 0.15) is 6.42 Å². The molecule has 0 N–H and O–H groups in total. The molecule has 0 bridgehead atoms. The van der Waals surface area contributed by atoms with Crippen molar-refractivity contribution in [2.45, 2.75) is 12.6 Å². The molecule has 78 valence electrons. The maximum Gasteiger partial charge on any atom is 0.492 e. The zero-order valence-corrected chi connectivity index (χ0v) is 7.04. The first-order valence-corrected chi connectivity index (χ1v) is 3.87. The van der Waals surface area contributed by atoms with Gasteiger partial charge in [-0.1, -0.05) is 0 Å². The number of nitriles is 1. The third kappa shape index (κ3) is 2.60. The Balaban J connectivity index is 2.41. The highest BCUT2D eigenvalue weighted by Gasteiger charge is 2.43. The second-order valence-corrected chi connectivity index (χ2v) is 2.88. The van der Waals surface area contributed by atoms with E-state index < -0.39 is 12.1 Å². The fraction of sp³-hybridized carbons (Fsp3) is 0.714. The molecule has 0 amide bonds. The summed E-state index contributed by atoms with van der Waals surface area (Å²) in [4.78, 5) is 14.4. The van der Waals surface area contributed by atoms with Gasteiger partial charge in [0.15, 0.2) is 0 Å². The second kappa shape index (κ2) is 3.84. The van der Waals surface area contributed by atoms with Crippen molar-refractivity contribution in [2.75, 3.05) is 13.1 Å². The van der Waals surface area contributed by atoms with E-state index in [1.807, 2.05) is 6.07 Å². The van der Waals surface area contributed by atoms with Crippen molar-refractivity contribution in [3.05, 3.63) is 0 Å². The van der Waals surface area contributed by atoms with Crippen LogP contribution in [0.5, 0.6) is 0 Å². The molecule has 0 aromatic heterocycles. The average molecular weight is 208 g/mol. The van der Waals surface area contributed by atoms with E-state index >= 15 is 0 Å². The molecule has 0 spiro atoms. The first-order valence-electron chi connectivity index (χ1n) is 3.87. The number of halogens is 3. The van der Waals surface area contributed by atoms with Gasteiger partial charge < -0.3 is 4.84 Å². The Hall–Kier alpha value is -1.29. The van der Waals surface area contributed by atoms with E-state index in [4.69, 9.17) is 5.26 Å². The zero-order chi connectivity index (χ0) is 10.8. The van der Waals surface area contributed by atoms with Crippen LogP contribution in [0.3, 0.4) is 0 Å². The van der Waals surface area contributed by atoms with Gasteiger partial charge in [-0.2, -0.15) is 18.4 Å². The van der Waals surface area contributed by atoms with Crippen LogP contribution < -0.4 is 0 Å². The molecule has 1 saturated heterocycles. The van der Waals surface area contributed by atoms with E-state index in [-0.39, 0.29) is 19.0 Å².